The van der Waals surface area contributed by atoms with E-state index >= 15 is 0 Å². The minimum atomic E-state index is -0.394. The van der Waals surface area contributed by atoms with Crippen LogP contribution in [0.5, 0.6) is 0 Å². The first-order chi connectivity index (χ1) is 8.56. The maximum Gasteiger partial charge on any atom is 0.236 e. The topological polar surface area (TPSA) is 110 Å². The van der Waals surface area contributed by atoms with E-state index in [0.29, 0.717) is 18.2 Å². The van der Waals surface area contributed by atoms with Gasteiger partial charge in [-0.2, -0.15) is 9.97 Å². The Balaban J connectivity index is 2.95. The van der Waals surface area contributed by atoms with Crippen LogP contribution in [0.3, 0.4) is 0 Å². The number of primary amides is 1. The van der Waals surface area contributed by atoms with Crippen molar-refractivity contribution in [3.8, 4) is 0 Å². The summed E-state index contributed by atoms with van der Waals surface area (Å²) in [5.74, 6) is 1.000. The van der Waals surface area contributed by atoms with Gasteiger partial charge in [-0.1, -0.05) is 13.3 Å². The van der Waals surface area contributed by atoms with E-state index in [1.54, 1.807) is 13.1 Å². The highest BCUT2D eigenvalue weighted by molar-refractivity contribution is 5.79. The third-order valence-corrected chi connectivity index (χ3v) is 2.44. The molecule has 0 fully saturated rings. The summed E-state index contributed by atoms with van der Waals surface area (Å²) in [6.45, 7) is 2.91. The Labute approximate surface area is 107 Å². The average Bonchev–Trinajstić information content (AvgIpc) is 2.33. The first kappa shape index (κ1) is 14.0. The van der Waals surface area contributed by atoms with Crippen LogP contribution < -0.4 is 21.7 Å². The smallest absolute Gasteiger partial charge is 0.236 e. The lowest BCUT2D eigenvalue weighted by molar-refractivity contribution is -0.116. The van der Waals surface area contributed by atoms with Crippen LogP contribution in [0, 0.1) is 0 Å². The van der Waals surface area contributed by atoms with Gasteiger partial charge in [0.1, 0.15) is 11.6 Å². The van der Waals surface area contributed by atoms with Crippen molar-refractivity contribution in [2.45, 2.75) is 19.8 Å². The summed E-state index contributed by atoms with van der Waals surface area (Å²) in [5.41, 5.74) is 10.9. The van der Waals surface area contributed by atoms with Crippen LogP contribution >= 0.6 is 0 Å². The van der Waals surface area contributed by atoms with Gasteiger partial charge in [-0.3, -0.25) is 4.79 Å². The number of nitrogens with one attached hydrogen (secondary N) is 1. The molecular weight excluding hydrogens is 232 g/mol. The standard InChI is InChI=1S/C11H20N6O/c1-3-4-5-17(7-8(12)18)10-6-9(14-2)15-11(13)16-10/h6H,3-5,7H2,1-2H3,(H2,12,18)(H3,13,14,15,16). The molecule has 100 valence electrons. The van der Waals surface area contributed by atoms with E-state index in [1.807, 2.05) is 4.90 Å². The van der Waals surface area contributed by atoms with Crippen LogP contribution in [-0.2, 0) is 4.79 Å². The second kappa shape index (κ2) is 6.63. The van der Waals surface area contributed by atoms with Gasteiger partial charge < -0.3 is 21.7 Å². The van der Waals surface area contributed by atoms with E-state index in [2.05, 4.69) is 22.2 Å². The zero-order valence-corrected chi connectivity index (χ0v) is 10.8. The quantitative estimate of drug-likeness (QED) is 0.639. The maximum atomic E-state index is 11.1. The number of unbranched alkanes of at least 4 members (excludes halogenated alkanes) is 1. The van der Waals surface area contributed by atoms with E-state index < -0.39 is 5.91 Å². The fourth-order valence-electron chi connectivity index (χ4n) is 1.55. The average molecular weight is 252 g/mol. The van der Waals surface area contributed by atoms with Crippen molar-refractivity contribution in [2.24, 2.45) is 5.73 Å². The summed E-state index contributed by atoms with van der Waals surface area (Å²) < 4.78 is 0. The molecule has 1 aromatic heterocycles. The van der Waals surface area contributed by atoms with Crippen molar-refractivity contribution in [2.75, 3.05) is 36.1 Å². The lowest BCUT2D eigenvalue weighted by atomic mass is 10.3. The molecule has 0 saturated carbocycles. The summed E-state index contributed by atoms with van der Waals surface area (Å²) in [4.78, 5) is 21.0. The number of nitrogens with two attached hydrogens (primary N) is 2. The van der Waals surface area contributed by atoms with Crippen molar-refractivity contribution >= 4 is 23.5 Å². The van der Waals surface area contributed by atoms with Gasteiger partial charge in [-0.05, 0) is 6.42 Å². The number of nitrogen functional groups attached to an aromatic ring is 1. The Bertz CT molecular complexity index is 409. The fourth-order valence-corrected chi connectivity index (χ4v) is 1.55. The van der Waals surface area contributed by atoms with E-state index in [9.17, 15) is 4.79 Å². The second-order valence-corrected chi connectivity index (χ2v) is 3.96. The van der Waals surface area contributed by atoms with Gasteiger partial charge in [-0.25, -0.2) is 0 Å². The van der Waals surface area contributed by atoms with Crippen LogP contribution in [0.15, 0.2) is 6.07 Å². The predicted octanol–water partition coefficient (Wildman–Crippen LogP) is 0.192. The number of anilines is 3. The minimum Gasteiger partial charge on any atom is -0.373 e. The first-order valence-corrected chi connectivity index (χ1v) is 5.92. The summed E-state index contributed by atoms with van der Waals surface area (Å²) in [6, 6.07) is 1.74. The van der Waals surface area contributed by atoms with E-state index in [-0.39, 0.29) is 12.5 Å². The monoisotopic (exact) mass is 252 g/mol. The Morgan fingerprint density at radius 3 is 2.78 bits per heavy atom. The van der Waals surface area contributed by atoms with Crippen LogP contribution in [0.25, 0.3) is 0 Å². The van der Waals surface area contributed by atoms with Gasteiger partial charge in [-0.15, -0.1) is 0 Å². The van der Waals surface area contributed by atoms with Gasteiger partial charge in [0.05, 0.1) is 6.54 Å². The molecule has 1 heterocycles. The molecule has 0 aliphatic carbocycles. The molecule has 0 aliphatic heterocycles. The van der Waals surface area contributed by atoms with Crippen LogP contribution in [0.4, 0.5) is 17.6 Å². The summed E-state index contributed by atoms with van der Waals surface area (Å²) in [5, 5.41) is 2.90. The van der Waals surface area contributed by atoms with E-state index in [1.165, 1.54) is 0 Å². The molecule has 1 rings (SSSR count). The van der Waals surface area contributed by atoms with Crippen LogP contribution in [-0.4, -0.2) is 36.0 Å². The van der Waals surface area contributed by atoms with Crippen molar-refractivity contribution in [3.63, 3.8) is 0 Å². The molecule has 0 bridgehead atoms. The lowest BCUT2D eigenvalue weighted by Crippen LogP contribution is -2.35. The molecular formula is C11H20N6O. The summed E-state index contributed by atoms with van der Waals surface area (Å²) in [6.07, 6.45) is 1.97. The van der Waals surface area contributed by atoms with Crippen molar-refractivity contribution in [1.29, 1.82) is 0 Å². The molecule has 7 heteroatoms. The van der Waals surface area contributed by atoms with Gasteiger partial charge in [0.15, 0.2) is 0 Å². The summed E-state index contributed by atoms with van der Waals surface area (Å²) in [7, 11) is 1.75. The highest BCUT2D eigenvalue weighted by Gasteiger charge is 2.12. The summed E-state index contributed by atoms with van der Waals surface area (Å²) >= 11 is 0. The van der Waals surface area contributed by atoms with E-state index in [4.69, 9.17) is 11.5 Å². The number of rotatable bonds is 7. The number of hydrogen-bond acceptors (Lipinski definition) is 6. The van der Waals surface area contributed by atoms with E-state index in [0.717, 1.165) is 12.8 Å². The fraction of sp³-hybridized carbons (Fsp3) is 0.545. The molecule has 0 atom stereocenters. The Morgan fingerprint density at radius 2 is 2.22 bits per heavy atom. The third-order valence-electron chi connectivity index (χ3n) is 2.44. The number of hydrogen-bond donors (Lipinski definition) is 3. The third kappa shape index (κ3) is 4.08. The molecule has 7 nitrogen and oxygen atoms in total. The normalized spacial score (nSPS) is 10.1. The molecule has 0 aliphatic rings. The van der Waals surface area contributed by atoms with Gasteiger partial charge in [0.2, 0.25) is 11.9 Å². The Morgan fingerprint density at radius 1 is 1.50 bits per heavy atom. The van der Waals surface area contributed by atoms with Gasteiger partial charge in [0, 0.05) is 19.7 Å². The number of carbonyl (C=O) groups is 1. The molecule has 1 aromatic rings. The van der Waals surface area contributed by atoms with Crippen molar-refractivity contribution in [3.05, 3.63) is 6.07 Å². The van der Waals surface area contributed by atoms with Crippen molar-refractivity contribution < 1.29 is 4.79 Å². The van der Waals surface area contributed by atoms with Crippen LogP contribution in [0.1, 0.15) is 19.8 Å². The van der Waals surface area contributed by atoms with Crippen LogP contribution in [0.2, 0.25) is 0 Å². The first-order valence-electron chi connectivity index (χ1n) is 5.92. The molecule has 0 saturated heterocycles. The zero-order valence-electron chi connectivity index (χ0n) is 10.8. The lowest BCUT2D eigenvalue weighted by Gasteiger charge is -2.22. The zero-order chi connectivity index (χ0) is 13.5. The molecule has 0 spiro atoms. The molecule has 1 amide bonds. The molecule has 0 aromatic carbocycles. The highest BCUT2D eigenvalue weighted by Crippen LogP contribution is 2.17. The number of aromatic nitrogens is 2. The highest BCUT2D eigenvalue weighted by atomic mass is 16.1. The van der Waals surface area contributed by atoms with Gasteiger partial charge in [0.25, 0.3) is 0 Å². The predicted molar refractivity (Wildman–Crippen MR) is 72.3 cm³/mol. The second-order valence-electron chi connectivity index (χ2n) is 3.96. The maximum absolute atomic E-state index is 11.1. The number of nitrogens with zero attached hydrogens (tertiary/aromatic N) is 3. The largest absolute Gasteiger partial charge is 0.373 e. The molecule has 5 N–H and O–H groups in total. The SMILES string of the molecule is CCCCN(CC(N)=O)c1cc(NC)nc(N)n1. The molecule has 0 radical (unpaired) electrons. The van der Waals surface area contributed by atoms with Gasteiger partial charge >= 0.3 is 0 Å². The number of amides is 1. The minimum absolute atomic E-state index is 0.125. The number of carbonyl (C=O) groups excluding carboxylic acids is 1. The molecule has 0 unspecified atom stereocenters. The Hall–Kier alpha value is -2.05. The van der Waals surface area contributed by atoms with Crippen molar-refractivity contribution in [1.82, 2.24) is 9.97 Å². The molecule has 18 heavy (non-hydrogen) atoms. The Kier molecular flexibility index (Phi) is 5.16.